The highest BCUT2D eigenvalue weighted by Gasteiger charge is 2.24. The lowest BCUT2D eigenvalue weighted by Crippen LogP contribution is -2.48. The molecule has 3 aromatic rings. The minimum Gasteiger partial charge on any atom is -0.493 e. The van der Waals surface area contributed by atoms with Crippen molar-refractivity contribution >= 4 is 17.2 Å². The molecule has 6 nitrogen and oxygen atoms in total. The first-order chi connectivity index (χ1) is 15.6. The fourth-order valence-electron chi connectivity index (χ4n) is 4.12. The number of amides is 1. The molecule has 0 unspecified atom stereocenters. The molecule has 7 heteroatoms. The summed E-state index contributed by atoms with van der Waals surface area (Å²) >= 11 is 1.47. The Kier molecular flexibility index (Phi) is 6.10. The highest BCUT2D eigenvalue weighted by atomic mass is 32.1. The fourth-order valence-corrected chi connectivity index (χ4v) is 4.80. The number of aromatic nitrogens is 1. The number of ether oxygens (including phenoxy) is 2. The predicted octanol–water partition coefficient (Wildman–Crippen LogP) is 3.92. The molecule has 0 bridgehead atoms. The van der Waals surface area contributed by atoms with Crippen molar-refractivity contribution in [1.29, 1.82) is 0 Å². The van der Waals surface area contributed by atoms with Gasteiger partial charge in [-0.1, -0.05) is 29.8 Å². The summed E-state index contributed by atoms with van der Waals surface area (Å²) in [5, 5.41) is 2.66. The summed E-state index contributed by atoms with van der Waals surface area (Å²) in [6.07, 6.45) is 0.997. The van der Waals surface area contributed by atoms with E-state index in [2.05, 4.69) is 28.1 Å². The number of thiazole rings is 1. The van der Waals surface area contributed by atoms with Crippen LogP contribution in [-0.2, 0) is 19.6 Å². The molecule has 1 saturated heterocycles. The summed E-state index contributed by atoms with van der Waals surface area (Å²) in [4.78, 5) is 21.7. The molecule has 2 aliphatic rings. The van der Waals surface area contributed by atoms with E-state index in [1.165, 1.54) is 28.0 Å². The fraction of sp³-hybridized carbons (Fsp3) is 0.360. The van der Waals surface area contributed by atoms with Crippen molar-refractivity contribution in [2.45, 2.75) is 26.5 Å². The zero-order valence-electron chi connectivity index (χ0n) is 18.3. The van der Waals surface area contributed by atoms with Crippen LogP contribution in [0, 0.1) is 6.92 Å². The Morgan fingerprint density at radius 1 is 1.12 bits per heavy atom. The summed E-state index contributed by atoms with van der Waals surface area (Å²) in [6, 6.07) is 14.4. The standard InChI is InChI=1S/C25H27N3O3S/c1-18-2-5-21(6-3-18)31-16-24-26-22(17-32-24)25(29)28-11-9-27(10-12-28)15-19-4-7-23-20(14-19)8-13-30-23/h2-7,14,17H,8-13,15-16H2,1H3. The van der Waals surface area contributed by atoms with Crippen molar-refractivity contribution in [3.05, 3.63) is 75.2 Å². The molecule has 5 rings (SSSR count). The topological polar surface area (TPSA) is 54.9 Å². The third-order valence-corrected chi connectivity index (χ3v) is 6.80. The first kappa shape index (κ1) is 21.0. The van der Waals surface area contributed by atoms with E-state index < -0.39 is 0 Å². The summed E-state index contributed by atoms with van der Waals surface area (Å²) in [6.45, 7) is 7.30. The first-order valence-electron chi connectivity index (χ1n) is 11.0. The molecule has 2 aliphatic heterocycles. The lowest BCUT2D eigenvalue weighted by Gasteiger charge is -2.34. The van der Waals surface area contributed by atoms with Crippen molar-refractivity contribution in [2.24, 2.45) is 0 Å². The van der Waals surface area contributed by atoms with Gasteiger partial charge in [-0.15, -0.1) is 11.3 Å². The van der Waals surface area contributed by atoms with Crippen molar-refractivity contribution < 1.29 is 14.3 Å². The van der Waals surface area contributed by atoms with Gasteiger partial charge >= 0.3 is 0 Å². The normalized spacial score (nSPS) is 16.0. The van der Waals surface area contributed by atoms with E-state index in [-0.39, 0.29) is 5.91 Å². The Hall–Kier alpha value is -2.90. The van der Waals surface area contributed by atoms with Gasteiger partial charge in [0.05, 0.1) is 6.61 Å². The number of rotatable bonds is 6. The SMILES string of the molecule is Cc1ccc(OCc2nc(C(=O)N3CCN(Cc4ccc5c(c4)CCO5)CC3)cs2)cc1. The van der Waals surface area contributed by atoms with Crippen molar-refractivity contribution in [3.8, 4) is 11.5 Å². The van der Waals surface area contributed by atoms with Gasteiger partial charge < -0.3 is 14.4 Å². The molecule has 32 heavy (non-hydrogen) atoms. The van der Waals surface area contributed by atoms with Crippen molar-refractivity contribution in [3.63, 3.8) is 0 Å². The van der Waals surface area contributed by atoms with E-state index in [0.29, 0.717) is 12.3 Å². The molecule has 3 heterocycles. The second kappa shape index (κ2) is 9.30. The Bertz CT molecular complexity index is 1090. The number of hydrogen-bond donors (Lipinski definition) is 0. The third-order valence-electron chi connectivity index (χ3n) is 5.97. The quantitative estimate of drug-likeness (QED) is 0.571. The van der Waals surface area contributed by atoms with Gasteiger partial charge in [0.1, 0.15) is 28.8 Å². The summed E-state index contributed by atoms with van der Waals surface area (Å²) in [5.41, 5.74) is 4.33. The molecule has 0 radical (unpaired) electrons. The van der Waals surface area contributed by atoms with Crippen LogP contribution in [0.1, 0.15) is 32.2 Å². The van der Waals surface area contributed by atoms with Gasteiger partial charge in [0.25, 0.3) is 5.91 Å². The number of carbonyl (C=O) groups excluding carboxylic acids is 1. The number of benzene rings is 2. The third kappa shape index (κ3) is 4.79. The van der Waals surface area contributed by atoms with Gasteiger partial charge in [0, 0.05) is 44.5 Å². The van der Waals surface area contributed by atoms with Crippen LogP contribution in [0.25, 0.3) is 0 Å². The maximum atomic E-state index is 12.9. The largest absolute Gasteiger partial charge is 0.493 e. The van der Waals surface area contributed by atoms with Gasteiger partial charge in [-0.3, -0.25) is 9.69 Å². The van der Waals surface area contributed by atoms with Crippen LogP contribution in [0.15, 0.2) is 47.8 Å². The molecule has 2 aromatic carbocycles. The molecule has 0 spiro atoms. The zero-order chi connectivity index (χ0) is 21.9. The van der Waals surface area contributed by atoms with Crippen LogP contribution in [0.5, 0.6) is 11.5 Å². The zero-order valence-corrected chi connectivity index (χ0v) is 19.1. The van der Waals surface area contributed by atoms with E-state index in [1.54, 1.807) is 0 Å². The second-order valence-electron chi connectivity index (χ2n) is 8.34. The number of piperazine rings is 1. The highest BCUT2D eigenvalue weighted by molar-refractivity contribution is 7.09. The second-order valence-corrected chi connectivity index (χ2v) is 9.28. The van der Waals surface area contributed by atoms with Gasteiger partial charge in [0.2, 0.25) is 0 Å². The first-order valence-corrected chi connectivity index (χ1v) is 11.9. The maximum absolute atomic E-state index is 12.9. The Labute approximate surface area is 192 Å². The van der Waals surface area contributed by atoms with E-state index in [4.69, 9.17) is 9.47 Å². The minimum atomic E-state index is 0.0113. The number of nitrogens with zero attached hydrogens (tertiary/aromatic N) is 3. The lowest BCUT2D eigenvalue weighted by atomic mass is 10.1. The average molecular weight is 450 g/mol. The van der Waals surface area contributed by atoms with Crippen molar-refractivity contribution in [2.75, 3.05) is 32.8 Å². The Morgan fingerprint density at radius 3 is 2.75 bits per heavy atom. The molecule has 0 atom stereocenters. The summed E-state index contributed by atoms with van der Waals surface area (Å²) in [7, 11) is 0. The van der Waals surface area contributed by atoms with E-state index in [9.17, 15) is 4.79 Å². The average Bonchev–Trinajstić information content (AvgIpc) is 3.48. The van der Waals surface area contributed by atoms with Crippen LogP contribution < -0.4 is 9.47 Å². The smallest absolute Gasteiger partial charge is 0.273 e. The van der Waals surface area contributed by atoms with Crippen LogP contribution in [0.2, 0.25) is 0 Å². The summed E-state index contributed by atoms with van der Waals surface area (Å²) < 4.78 is 11.4. The molecular weight excluding hydrogens is 422 g/mol. The van der Waals surface area contributed by atoms with E-state index in [1.807, 2.05) is 41.5 Å². The molecule has 0 aliphatic carbocycles. The number of aryl methyl sites for hydroxylation is 1. The Balaban J connectivity index is 1.11. The molecule has 1 aromatic heterocycles. The lowest BCUT2D eigenvalue weighted by molar-refractivity contribution is 0.0623. The van der Waals surface area contributed by atoms with Crippen LogP contribution in [0.3, 0.4) is 0 Å². The van der Waals surface area contributed by atoms with Gasteiger partial charge in [-0.25, -0.2) is 4.98 Å². The number of fused-ring (bicyclic) bond motifs is 1. The molecule has 1 amide bonds. The molecule has 166 valence electrons. The maximum Gasteiger partial charge on any atom is 0.273 e. The number of hydrogen-bond acceptors (Lipinski definition) is 6. The monoisotopic (exact) mass is 449 g/mol. The van der Waals surface area contributed by atoms with E-state index in [0.717, 1.165) is 62.3 Å². The van der Waals surface area contributed by atoms with Crippen molar-refractivity contribution in [1.82, 2.24) is 14.8 Å². The van der Waals surface area contributed by atoms with Gasteiger partial charge in [-0.05, 0) is 36.2 Å². The highest BCUT2D eigenvalue weighted by Crippen LogP contribution is 2.26. The minimum absolute atomic E-state index is 0.0113. The van der Waals surface area contributed by atoms with Gasteiger partial charge in [0.15, 0.2) is 0 Å². The molecular formula is C25H27N3O3S. The van der Waals surface area contributed by atoms with Crippen LogP contribution in [0.4, 0.5) is 0 Å². The molecule has 0 N–H and O–H groups in total. The Morgan fingerprint density at radius 2 is 1.94 bits per heavy atom. The van der Waals surface area contributed by atoms with Crippen LogP contribution >= 0.6 is 11.3 Å². The molecule has 0 saturated carbocycles. The summed E-state index contributed by atoms with van der Waals surface area (Å²) in [5.74, 6) is 1.85. The molecule has 1 fully saturated rings. The van der Waals surface area contributed by atoms with E-state index >= 15 is 0 Å². The van der Waals surface area contributed by atoms with Crippen LogP contribution in [-0.4, -0.2) is 53.5 Å². The van der Waals surface area contributed by atoms with Gasteiger partial charge in [-0.2, -0.15) is 0 Å². The predicted molar refractivity (Wildman–Crippen MR) is 124 cm³/mol. The number of carbonyl (C=O) groups is 1.